The third kappa shape index (κ3) is 4.20. The van der Waals surface area contributed by atoms with Gasteiger partial charge in [0.05, 0.1) is 23.8 Å². The van der Waals surface area contributed by atoms with E-state index in [1.54, 1.807) is 61.4 Å². The summed E-state index contributed by atoms with van der Waals surface area (Å²) < 4.78 is 0. The van der Waals surface area contributed by atoms with Gasteiger partial charge in [-0.15, -0.1) is 5.75 Å². The number of nitrogens with zero attached hydrogens (tertiary/aromatic N) is 5. The summed E-state index contributed by atoms with van der Waals surface area (Å²) in [5, 5.41) is 11.4. The predicted octanol–water partition coefficient (Wildman–Crippen LogP) is -0.260. The second-order valence-corrected chi connectivity index (χ2v) is 5.33. The van der Waals surface area contributed by atoms with Crippen molar-refractivity contribution in [2.75, 3.05) is 0 Å². The molecule has 0 saturated carbocycles. The van der Waals surface area contributed by atoms with Crippen LogP contribution in [0.2, 0.25) is 0 Å². The fourth-order valence-corrected chi connectivity index (χ4v) is 2.47. The number of pyridine rings is 1. The van der Waals surface area contributed by atoms with E-state index in [4.69, 9.17) is 0 Å². The van der Waals surface area contributed by atoms with E-state index in [-0.39, 0.29) is 57.1 Å². The Morgan fingerprint density at radius 3 is 1.62 bits per heavy atom. The first-order chi connectivity index (χ1) is 12.3. The van der Waals surface area contributed by atoms with Gasteiger partial charge in [-0.25, -0.2) is 4.98 Å². The van der Waals surface area contributed by atoms with Crippen LogP contribution < -0.4 is 56.5 Å². The Labute approximate surface area is 192 Å². The molecule has 3 aromatic heterocycles. The molecular formula is C19H12KN5O. The first kappa shape index (κ1) is 18.7. The second-order valence-electron chi connectivity index (χ2n) is 5.33. The van der Waals surface area contributed by atoms with Crippen LogP contribution >= 0.6 is 0 Å². The maximum atomic E-state index is 11.4. The Morgan fingerprint density at radius 2 is 1.15 bits per heavy atom. The van der Waals surface area contributed by atoms with Gasteiger partial charge in [0, 0.05) is 24.8 Å². The van der Waals surface area contributed by atoms with Crippen molar-refractivity contribution in [3.8, 4) is 39.7 Å². The molecule has 3 heterocycles. The molecule has 1 aromatic carbocycles. The van der Waals surface area contributed by atoms with Crippen LogP contribution in [0.4, 0.5) is 0 Å². The molecule has 0 spiro atoms. The fraction of sp³-hybridized carbons (Fsp3) is 0. The molecule has 0 fully saturated rings. The summed E-state index contributed by atoms with van der Waals surface area (Å²) in [6, 6.07) is 10.5. The van der Waals surface area contributed by atoms with Gasteiger partial charge >= 0.3 is 51.4 Å². The summed E-state index contributed by atoms with van der Waals surface area (Å²) in [6.45, 7) is 0. The number of hydrogen-bond acceptors (Lipinski definition) is 6. The van der Waals surface area contributed by atoms with Gasteiger partial charge in [0.15, 0.2) is 0 Å². The van der Waals surface area contributed by atoms with E-state index in [1.165, 1.54) is 0 Å². The Kier molecular flexibility index (Phi) is 6.18. The van der Waals surface area contributed by atoms with Gasteiger partial charge in [0.25, 0.3) is 0 Å². The van der Waals surface area contributed by atoms with Gasteiger partial charge in [0.2, 0.25) is 0 Å². The number of rotatable bonds is 3. The minimum absolute atomic E-state index is 0. The van der Waals surface area contributed by atoms with Crippen LogP contribution in [0, 0.1) is 0 Å². The van der Waals surface area contributed by atoms with Crippen molar-refractivity contribution in [1.29, 1.82) is 0 Å². The molecule has 0 unspecified atom stereocenters. The molecule has 0 saturated heterocycles. The average Bonchev–Trinajstić information content (AvgIpc) is 2.69. The molecule has 0 aliphatic heterocycles. The van der Waals surface area contributed by atoms with E-state index < -0.39 is 0 Å². The summed E-state index contributed by atoms with van der Waals surface area (Å²) in [7, 11) is 0. The molecule has 4 aromatic rings. The van der Waals surface area contributed by atoms with Crippen LogP contribution in [-0.4, -0.2) is 24.9 Å². The zero-order valence-corrected chi connectivity index (χ0v) is 17.2. The number of hydrogen-bond donors (Lipinski definition) is 0. The summed E-state index contributed by atoms with van der Waals surface area (Å²) in [5.41, 5.74) is 4.51. The van der Waals surface area contributed by atoms with Gasteiger partial charge in [-0.2, -0.15) is 0 Å². The molecule has 120 valence electrons. The van der Waals surface area contributed by atoms with Gasteiger partial charge in [0.1, 0.15) is 11.4 Å². The number of benzene rings is 1. The van der Waals surface area contributed by atoms with Crippen LogP contribution in [0.25, 0.3) is 33.9 Å². The topological polar surface area (TPSA) is 87.5 Å². The van der Waals surface area contributed by atoms with Gasteiger partial charge in [-0.05, 0) is 23.3 Å². The molecule has 4 rings (SSSR count). The van der Waals surface area contributed by atoms with Crippen molar-refractivity contribution in [2.45, 2.75) is 0 Å². The van der Waals surface area contributed by atoms with Gasteiger partial charge in [-0.3, -0.25) is 19.9 Å². The van der Waals surface area contributed by atoms with Crippen LogP contribution in [0.3, 0.4) is 0 Å². The standard InChI is InChI=1S/C19H13N5O.K/c25-15-3-1-13(2-4-15)14-9-16(18-11-20-5-7-22-18)24-17(10-14)19-12-21-6-8-23-19;/h1-12,25H;/q;+1/p-1. The second kappa shape index (κ2) is 8.57. The summed E-state index contributed by atoms with van der Waals surface area (Å²) in [5.74, 6) is -0.0268. The largest absolute Gasteiger partial charge is 1.00 e. The van der Waals surface area contributed by atoms with Crippen LogP contribution in [0.5, 0.6) is 5.75 Å². The molecule has 7 heteroatoms. The van der Waals surface area contributed by atoms with Crippen LogP contribution in [0.1, 0.15) is 0 Å². The first-order valence-electron chi connectivity index (χ1n) is 7.62. The van der Waals surface area contributed by atoms with E-state index in [2.05, 4.69) is 24.9 Å². The Morgan fingerprint density at radius 1 is 0.615 bits per heavy atom. The molecule has 6 nitrogen and oxygen atoms in total. The molecule has 0 amide bonds. The predicted molar refractivity (Wildman–Crippen MR) is 91.2 cm³/mol. The van der Waals surface area contributed by atoms with E-state index >= 15 is 0 Å². The van der Waals surface area contributed by atoms with Crippen molar-refractivity contribution in [2.24, 2.45) is 0 Å². The van der Waals surface area contributed by atoms with Crippen molar-refractivity contribution in [3.05, 3.63) is 73.6 Å². The van der Waals surface area contributed by atoms with Crippen LogP contribution in [0.15, 0.2) is 73.6 Å². The minimum atomic E-state index is -0.0268. The van der Waals surface area contributed by atoms with Crippen molar-refractivity contribution in [1.82, 2.24) is 24.9 Å². The zero-order chi connectivity index (χ0) is 17.1. The quantitative estimate of drug-likeness (QED) is 0.465. The smallest absolute Gasteiger partial charge is 0.872 e. The Balaban J connectivity index is 0.00000196. The average molecular weight is 365 g/mol. The monoisotopic (exact) mass is 365 g/mol. The van der Waals surface area contributed by atoms with Gasteiger partial charge < -0.3 is 5.11 Å². The molecule has 0 aliphatic rings. The van der Waals surface area contributed by atoms with Crippen LogP contribution in [-0.2, 0) is 0 Å². The molecule has 0 atom stereocenters. The molecule has 0 aliphatic carbocycles. The molecule has 0 radical (unpaired) electrons. The summed E-state index contributed by atoms with van der Waals surface area (Å²) in [4.78, 5) is 21.5. The maximum absolute atomic E-state index is 11.4. The molecular weight excluding hydrogens is 353 g/mol. The van der Waals surface area contributed by atoms with E-state index in [0.717, 1.165) is 11.1 Å². The third-order valence-corrected chi connectivity index (χ3v) is 3.66. The molecule has 0 N–H and O–H groups in total. The van der Waals surface area contributed by atoms with Crippen molar-refractivity contribution in [3.63, 3.8) is 0 Å². The van der Waals surface area contributed by atoms with E-state index in [1.807, 2.05) is 12.1 Å². The summed E-state index contributed by atoms with van der Waals surface area (Å²) in [6.07, 6.45) is 9.80. The minimum Gasteiger partial charge on any atom is -0.872 e. The van der Waals surface area contributed by atoms with Crippen molar-refractivity contribution >= 4 is 0 Å². The third-order valence-electron chi connectivity index (χ3n) is 3.66. The maximum Gasteiger partial charge on any atom is 1.00 e. The van der Waals surface area contributed by atoms with Gasteiger partial charge in [-0.1, -0.05) is 24.3 Å². The normalized spacial score (nSPS) is 10.2. The Hall–Kier alpha value is -2.03. The fourth-order valence-electron chi connectivity index (χ4n) is 2.47. The number of aromatic nitrogens is 5. The summed E-state index contributed by atoms with van der Waals surface area (Å²) >= 11 is 0. The van der Waals surface area contributed by atoms with E-state index in [0.29, 0.717) is 22.8 Å². The SMILES string of the molecule is [K+].[O-]c1ccc(-c2cc(-c3cnccn3)nc(-c3cnccn3)c2)cc1. The molecule has 26 heavy (non-hydrogen) atoms. The molecule has 0 bridgehead atoms. The van der Waals surface area contributed by atoms with Crippen molar-refractivity contribution < 1.29 is 56.5 Å². The Bertz CT molecular complexity index is 938. The van der Waals surface area contributed by atoms with E-state index in [9.17, 15) is 5.11 Å². The first-order valence-corrected chi connectivity index (χ1v) is 7.62. The zero-order valence-electron chi connectivity index (χ0n) is 14.1.